The highest BCUT2D eigenvalue weighted by atomic mass is 32.2. The van der Waals surface area contributed by atoms with Crippen LogP contribution in [0.15, 0.2) is 30.5 Å². The minimum absolute atomic E-state index is 0.0562. The van der Waals surface area contributed by atoms with E-state index in [2.05, 4.69) is 9.17 Å². The van der Waals surface area contributed by atoms with Crippen LogP contribution in [-0.2, 0) is 20.9 Å². The summed E-state index contributed by atoms with van der Waals surface area (Å²) in [4.78, 5) is 3.10. The van der Waals surface area contributed by atoms with Crippen LogP contribution in [0.25, 0.3) is 10.9 Å². The molecule has 2 rings (SSSR count). The lowest BCUT2D eigenvalue weighted by Crippen LogP contribution is -2.17. The van der Waals surface area contributed by atoms with E-state index in [1.54, 1.807) is 0 Å². The van der Waals surface area contributed by atoms with Gasteiger partial charge in [-0.2, -0.15) is 8.42 Å². The Balaban J connectivity index is 2.10. The van der Waals surface area contributed by atoms with Gasteiger partial charge in [0.05, 0.1) is 6.61 Å². The van der Waals surface area contributed by atoms with Crippen molar-refractivity contribution in [2.24, 2.45) is 5.14 Å². The van der Waals surface area contributed by atoms with Crippen LogP contribution in [0.1, 0.15) is 5.56 Å². The summed E-state index contributed by atoms with van der Waals surface area (Å²) < 4.78 is 25.6. The highest BCUT2D eigenvalue weighted by Crippen LogP contribution is 2.17. The Bertz CT molecular complexity index is 589. The van der Waals surface area contributed by atoms with Gasteiger partial charge in [0.15, 0.2) is 0 Å². The summed E-state index contributed by atoms with van der Waals surface area (Å²) >= 11 is 0. The Kier molecular flexibility index (Phi) is 2.95. The SMILES string of the molecule is NS(=O)(=O)OCCc1c[nH]c2ccccc12. The zero-order valence-corrected chi connectivity index (χ0v) is 9.33. The first-order valence-corrected chi connectivity index (χ1v) is 6.25. The standard InChI is InChI=1S/C10H12N2O3S/c11-16(13,14)15-6-5-8-7-12-10-4-2-1-3-9(8)10/h1-4,7,12H,5-6H2,(H2,11,13,14). The average Bonchev–Trinajstić information content (AvgIpc) is 2.60. The fourth-order valence-electron chi connectivity index (χ4n) is 1.61. The van der Waals surface area contributed by atoms with E-state index in [0.717, 1.165) is 16.5 Å². The molecule has 6 heteroatoms. The van der Waals surface area contributed by atoms with Crippen LogP contribution < -0.4 is 5.14 Å². The second-order valence-corrected chi connectivity index (χ2v) is 4.65. The Morgan fingerprint density at radius 3 is 2.81 bits per heavy atom. The molecular formula is C10H12N2O3S. The van der Waals surface area contributed by atoms with Crippen molar-refractivity contribution in [3.63, 3.8) is 0 Å². The van der Waals surface area contributed by atoms with Gasteiger partial charge in [-0.05, 0) is 18.1 Å². The first-order valence-electron chi connectivity index (χ1n) is 4.78. The first-order chi connectivity index (χ1) is 7.56. The molecular weight excluding hydrogens is 228 g/mol. The Morgan fingerprint density at radius 2 is 2.06 bits per heavy atom. The smallest absolute Gasteiger partial charge is 0.333 e. The summed E-state index contributed by atoms with van der Waals surface area (Å²) in [5.41, 5.74) is 2.03. The van der Waals surface area contributed by atoms with Crippen molar-refractivity contribution in [2.45, 2.75) is 6.42 Å². The molecule has 0 bridgehead atoms. The number of nitrogens with one attached hydrogen (secondary N) is 1. The van der Waals surface area contributed by atoms with Crippen molar-refractivity contribution in [3.05, 3.63) is 36.0 Å². The quantitative estimate of drug-likeness (QED) is 0.833. The molecule has 0 aliphatic carbocycles. The normalized spacial score (nSPS) is 12.1. The number of aromatic nitrogens is 1. The van der Waals surface area contributed by atoms with E-state index in [1.165, 1.54) is 0 Å². The van der Waals surface area contributed by atoms with Gasteiger partial charge in [-0.3, -0.25) is 4.18 Å². The largest absolute Gasteiger partial charge is 0.361 e. The summed E-state index contributed by atoms with van der Waals surface area (Å²) in [6.07, 6.45) is 2.34. The third-order valence-electron chi connectivity index (χ3n) is 2.29. The van der Waals surface area contributed by atoms with Gasteiger partial charge in [0.2, 0.25) is 0 Å². The van der Waals surface area contributed by atoms with E-state index in [4.69, 9.17) is 5.14 Å². The molecule has 0 aliphatic heterocycles. The number of nitrogens with two attached hydrogens (primary N) is 1. The van der Waals surface area contributed by atoms with Crippen molar-refractivity contribution in [2.75, 3.05) is 6.61 Å². The van der Waals surface area contributed by atoms with Gasteiger partial charge in [0, 0.05) is 17.1 Å². The highest BCUT2D eigenvalue weighted by molar-refractivity contribution is 7.84. The summed E-state index contributed by atoms with van der Waals surface area (Å²) in [6, 6.07) is 7.79. The fraction of sp³-hybridized carbons (Fsp3) is 0.200. The second-order valence-electron chi connectivity index (χ2n) is 3.42. The number of fused-ring (bicyclic) bond motifs is 1. The minimum Gasteiger partial charge on any atom is -0.361 e. The third kappa shape index (κ3) is 2.60. The van der Waals surface area contributed by atoms with Gasteiger partial charge in [0.25, 0.3) is 0 Å². The first kappa shape index (κ1) is 11.1. The van der Waals surface area contributed by atoms with E-state index in [-0.39, 0.29) is 6.61 Å². The number of hydrogen-bond acceptors (Lipinski definition) is 3. The third-order valence-corrected chi connectivity index (χ3v) is 2.79. The summed E-state index contributed by atoms with van der Waals surface area (Å²) in [7, 11) is -3.84. The average molecular weight is 240 g/mol. The molecule has 16 heavy (non-hydrogen) atoms. The number of rotatable bonds is 4. The molecule has 0 radical (unpaired) electrons. The monoisotopic (exact) mass is 240 g/mol. The van der Waals surface area contributed by atoms with Crippen molar-refractivity contribution in [3.8, 4) is 0 Å². The number of aromatic amines is 1. The van der Waals surface area contributed by atoms with Crippen LogP contribution in [0.3, 0.4) is 0 Å². The molecule has 0 aliphatic rings. The molecule has 0 amide bonds. The number of hydrogen-bond donors (Lipinski definition) is 2. The molecule has 0 saturated carbocycles. The number of H-pyrrole nitrogens is 1. The molecule has 1 aromatic carbocycles. The van der Waals surface area contributed by atoms with Crippen LogP contribution in [0.4, 0.5) is 0 Å². The Hall–Kier alpha value is -1.37. The maximum absolute atomic E-state index is 10.6. The van der Waals surface area contributed by atoms with Crippen molar-refractivity contribution < 1.29 is 12.6 Å². The van der Waals surface area contributed by atoms with Crippen LogP contribution in [0.2, 0.25) is 0 Å². The van der Waals surface area contributed by atoms with E-state index >= 15 is 0 Å². The molecule has 1 heterocycles. The van der Waals surface area contributed by atoms with Gasteiger partial charge < -0.3 is 4.98 Å². The van der Waals surface area contributed by atoms with Gasteiger partial charge >= 0.3 is 10.3 Å². The fourth-order valence-corrected chi connectivity index (χ4v) is 1.92. The van der Waals surface area contributed by atoms with E-state index in [1.807, 2.05) is 30.5 Å². The summed E-state index contributed by atoms with van der Waals surface area (Å²) in [6.45, 7) is 0.0562. The van der Waals surface area contributed by atoms with E-state index in [0.29, 0.717) is 6.42 Å². The predicted molar refractivity (Wildman–Crippen MR) is 61.1 cm³/mol. The van der Waals surface area contributed by atoms with E-state index in [9.17, 15) is 8.42 Å². The molecule has 2 aromatic rings. The lowest BCUT2D eigenvalue weighted by molar-refractivity contribution is 0.323. The number of benzene rings is 1. The van der Waals surface area contributed by atoms with Crippen molar-refractivity contribution >= 4 is 21.2 Å². The molecule has 0 saturated heterocycles. The number of para-hydroxylation sites is 1. The molecule has 1 aromatic heterocycles. The predicted octanol–water partition coefficient (Wildman–Crippen LogP) is 0.931. The Labute approximate surface area is 93.5 Å². The zero-order chi connectivity index (χ0) is 11.6. The lowest BCUT2D eigenvalue weighted by atomic mass is 10.1. The summed E-state index contributed by atoms with van der Waals surface area (Å²) in [5, 5.41) is 5.80. The molecule has 0 fully saturated rings. The maximum atomic E-state index is 10.6. The second kappa shape index (κ2) is 4.25. The lowest BCUT2D eigenvalue weighted by Gasteiger charge is -1.99. The molecule has 0 spiro atoms. The van der Waals surface area contributed by atoms with Crippen LogP contribution >= 0.6 is 0 Å². The minimum atomic E-state index is -3.84. The van der Waals surface area contributed by atoms with Gasteiger partial charge in [-0.1, -0.05) is 18.2 Å². The van der Waals surface area contributed by atoms with Crippen molar-refractivity contribution in [1.82, 2.24) is 4.98 Å². The summed E-state index contributed by atoms with van der Waals surface area (Å²) in [5.74, 6) is 0. The molecule has 3 N–H and O–H groups in total. The molecule has 0 unspecified atom stereocenters. The van der Waals surface area contributed by atoms with E-state index < -0.39 is 10.3 Å². The highest BCUT2D eigenvalue weighted by Gasteiger charge is 2.05. The Morgan fingerprint density at radius 1 is 1.31 bits per heavy atom. The maximum Gasteiger partial charge on any atom is 0.333 e. The molecule has 86 valence electrons. The van der Waals surface area contributed by atoms with Gasteiger partial charge in [0.1, 0.15) is 0 Å². The topological polar surface area (TPSA) is 85.2 Å². The van der Waals surface area contributed by atoms with Gasteiger partial charge in [-0.15, -0.1) is 0 Å². The van der Waals surface area contributed by atoms with Crippen molar-refractivity contribution in [1.29, 1.82) is 0 Å². The zero-order valence-electron chi connectivity index (χ0n) is 8.51. The van der Waals surface area contributed by atoms with Crippen LogP contribution in [0, 0.1) is 0 Å². The molecule has 5 nitrogen and oxygen atoms in total. The van der Waals surface area contributed by atoms with Gasteiger partial charge in [-0.25, -0.2) is 5.14 Å². The van der Waals surface area contributed by atoms with Crippen LogP contribution in [-0.4, -0.2) is 20.0 Å². The van der Waals surface area contributed by atoms with Crippen LogP contribution in [0.5, 0.6) is 0 Å². The molecule has 0 atom stereocenters.